The number of hydrogen-bond acceptors (Lipinski definition) is 0. The van der Waals surface area contributed by atoms with Crippen LogP contribution in [0.5, 0.6) is 0 Å². The Labute approximate surface area is 330 Å². The summed E-state index contributed by atoms with van der Waals surface area (Å²) in [4.78, 5) is 0. The molecular weight excluding hydrogens is 796 g/mol. The smallest absolute Gasteiger partial charge is 0.172 e. The van der Waals surface area contributed by atoms with Gasteiger partial charge < -0.3 is 0 Å². The van der Waals surface area contributed by atoms with E-state index in [4.69, 9.17) is 69.6 Å². The Kier molecular flexibility index (Phi) is 13.0. The summed E-state index contributed by atoms with van der Waals surface area (Å²) < 4.78 is -1.82. The summed E-state index contributed by atoms with van der Waals surface area (Å²) in [5.41, 5.74) is 6.39. The third-order valence-electron chi connectivity index (χ3n) is 7.95. The van der Waals surface area contributed by atoms with Crippen molar-refractivity contribution in [1.82, 2.24) is 0 Å². The molecule has 7 heteroatoms. The van der Waals surface area contributed by atoms with Crippen molar-refractivity contribution in [2.45, 2.75) is 60.0 Å². The number of hydrogen-bond donors (Lipinski definition) is 0. The van der Waals surface area contributed by atoms with Gasteiger partial charge in [-0.3, -0.25) is 0 Å². The van der Waals surface area contributed by atoms with Crippen LogP contribution >= 0.6 is 69.6 Å². The molecule has 0 bridgehead atoms. The first-order chi connectivity index (χ1) is 22.2. The fraction of sp³-hybridized carbons (Fsp3) is 0.244. The van der Waals surface area contributed by atoms with E-state index in [0.29, 0.717) is 11.1 Å². The molecule has 0 aromatic heterocycles. The van der Waals surface area contributed by atoms with Crippen LogP contribution in [0.25, 0.3) is 21.5 Å². The number of fused-ring (bicyclic) bond motifs is 3. The molecule has 6 aromatic rings. The average Bonchev–Trinajstić information content (AvgIpc) is 3.71. The molecule has 0 unspecified atom stereocenters. The zero-order chi connectivity index (χ0) is 35.5. The molecule has 6 rings (SSSR count). The van der Waals surface area contributed by atoms with Crippen LogP contribution in [0.4, 0.5) is 0 Å². The van der Waals surface area contributed by atoms with Crippen LogP contribution in [0, 0.1) is 0 Å². The zero-order valence-corrected chi connectivity index (χ0v) is 34.8. The normalized spacial score (nSPS) is 12.3. The number of alkyl halides is 6. The first-order valence-electron chi connectivity index (χ1n) is 15.5. The summed E-state index contributed by atoms with van der Waals surface area (Å²) >= 11 is 36.9. The van der Waals surface area contributed by atoms with E-state index in [2.05, 4.69) is 84.0 Å². The van der Waals surface area contributed by atoms with Crippen LogP contribution in [0.1, 0.15) is 74.9 Å². The van der Waals surface area contributed by atoms with Crippen molar-refractivity contribution < 1.29 is 24.2 Å². The topological polar surface area (TPSA) is 0 Å². The van der Waals surface area contributed by atoms with Gasteiger partial charge in [-0.2, -0.15) is 18.2 Å². The SMILES string of the molecule is CC(C)(C)c1ccc2[cH-]c3ccc(C(C)(C)C)cc3c2c1.ClC(Cl)(Cl)c1cccc([C](=[Zr+2])c2cccc(C(Cl)(Cl)Cl)c2)c1.c1cc[cH-]c1. The summed E-state index contributed by atoms with van der Waals surface area (Å²) in [5, 5.41) is 5.49. The van der Waals surface area contributed by atoms with Gasteiger partial charge in [0.1, 0.15) is 0 Å². The van der Waals surface area contributed by atoms with Crippen LogP contribution in [0.2, 0.25) is 0 Å². The van der Waals surface area contributed by atoms with Crippen molar-refractivity contribution in [3.63, 3.8) is 0 Å². The Balaban J connectivity index is 0.000000189. The number of halogens is 6. The van der Waals surface area contributed by atoms with Gasteiger partial charge in [0.05, 0.1) is 0 Å². The minimum atomic E-state index is -1.45. The molecule has 0 atom stereocenters. The average molecular weight is 835 g/mol. The molecule has 0 fully saturated rings. The molecule has 0 radical (unpaired) electrons. The fourth-order valence-electron chi connectivity index (χ4n) is 5.12. The number of rotatable bonds is 2. The van der Waals surface area contributed by atoms with Crippen LogP contribution in [0.15, 0.2) is 121 Å². The molecule has 0 aliphatic heterocycles. The van der Waals surface area contributed by atoms with E-state index in [1.807, 2.05) is 66.7 Å². The Hall–Kier alpha value is -1.41. The molecule has 0 nitrogen and oxygen atoms in total. The Morgan fingerprint density at radius 3 is 1.21 bits per heavy atom. The molecule has 248 valence electrons. The molecule has 0 saturated carbocycles. The second-order valence-corrected chi connectivity index (χ2v) is 19.5. The molecule has 6 aromatic carbocycles. The maximum Gasteiger partial charge on any atom is -0.172 e. The zero-order valence-electron chi connectivity index (χ0n) is 27.8. The van der Waals surface area contributed by atoms with Gasteiger partial charge in [0.2, 0.25) is 0 Å². The molecule has 0 aliphatic carbocycles. The maximum absolute atomic E-state index is 5.94. The molecule has 0 saturated heterocycles. The second kappa shape index (κ2) is 15.9. The van der Waals surface area contributed by atoms with E-state index in [-0.39, 0.29) is 10.8 Å². The summed E-state index contributed by atoms with van der Waals surface area (Å²) in [5.74, 6) is 0. The molecule has 0 aliphatic rings. The molecular formula is C41H38Cl6Zr. The van der Waals surface area contributed by atoms with E-state index in [0.717, 1.165) is 14.3 Å². The Morgan fingerprint density at radius 1 is 0.500 bits per heavy atom. The molecule has 48 heavy (non-hydrogen) atoms. The van der Waals surface area contributed by atoms with Crippen LogP contribution in [-0.4, -0.2) is 3.21 Å². The van der Waals surface area contributed by atoms with Crippen LogP contribution in [0.3, 0.4) is 0 Å². The molecule has 0 spiro atoms. The van der Waals surface area contributed by atoms with Gasteiger partial charge in [0.15, 0.2) is 0 Å². The summed E-state index contributed by atoms with van der Waals surface area (Å²) in [7, 11) is 0. The van der Waals surface area contributed by atoms with E-state index in [1.165, 1.54) is 56.9 Å². The standard InChI is InChI=1S/C21H25.C15H8Cl6.C5H5.Zr/c1-20(2,3)16-9-7-14-11-15-8-10-17(21(4,5)6)13-19(15)18(14)12-16;16-14(17,18)12-5-1-3-10(8-12)7-11-4-2-6-13(9-11)15(19,20)21;1-2-4-5-3-1;/h7-13H,1-6H3;1-6,8-9H;1-5H;/q-1;;-1;+2. The quantitative estimate of drug-likeness (QED) is 0.120. The predicted molar refractivity (Wildman–Crippen MR) is 211 cm³/mol. The van der Waals surface area contributed by atoms with Gasteiger partial charge in [-0.15, -0.1) is 39.7 Å². The van der Waals surface area contributed by atoms with Crippen LogP contribution in [-0.2, 0) is 42.7 Å². The van der Waals surface area contributed by atoms with E-state index in [1.54, 1.807) is 12.1 Å². The van der Waals surface area contributed by atoms with Gasteiger partial charge in [0.25, 0.3) is 0 Å². The summed E-state index contributed by atoms with van der Waals surface area (Å²) in [6.07, 6.45) is 0. The maximum atomic E-state index is 5.94. The number of benzene rings is 4. The van der Waals surface area contributed by atoms with Crippen molar-refractivity contribution in [3.8, 4) is 0 Å². The Bertz CT molecular complexity index is 1830. The van der Waals surface area contributed by atoms with Crippen molar-refractivity contribution in [2.24, 2.45) is 0 Å². The van der Waals surface area contributed by atoms with Gasteiger partial charge in [-0.05, 0) is 10.8 Å². The van der Waals surface area contributed by atoms with Gasteiger partial charge >= 0.3 is 175 Å². The van der Waals surface area contributed by atoms with Gasteiger partial charge in [0, 0.05) is 0 Å². The third kappa shape index (κ3) is 10.6. The van der Waals surface area contributed by atoms with E-state index >= 15 is 0 Å². The third-order valence-corrected chi connectivity index (χ3v) is 10.7. The molecule has 0 heterocycles. The van der Waals surface area contributed by atoms with E-state index < -0.39 is 7.59 Å². The monoisotopic (exact) mass is 830 g/mol. The summed E-state index contributed by atoms with van der Waals surface area (Å²) in [6, 6.07) is 41.1. The first kappa shape index (κ1) is 39.4. The van der Waals surface area contributed by atoms with Crippen molar-refractivity contribution in [2.75, 3.05) is 0 Å². The second-order valence-electron chi connectivity index (χ2n) is 13.7. The predicted octanol–water partition coefficient (Wildman–Crippen LogP) is 14.2. The minimum Gasteiger partial charge on any atom is -0.214 e. The summed E-state index contributed by atoms with van der Waals surface area (Å²) in [6.45, 7) is 13.7. The van der Waals surface area contributed by atoms with Crippen molar-refractivity contribution >= 4 is 94.4 Å². The van der Waals surface area contributed by atoms with Gasteiger partial charge in [-0.25, -0.2) is 12.1 Å². The molecule has 0 N–H and O–H groups in total. The van der Waals surface area contributed by atoms with Crippen molar-refractivity contribution in [1.29, 1.82) is 0 Å². The van der Waals surface area contributed by atoms with Crippen molar-refractivity contribution in [3.05, 3.63) is 155 Å². The minimum absolute atomic E-state index is 0.194. The Morgan fingerprint density at radius 2 is 0.896 bits per heavy atom. The largest absolute Gasteiger partial charge is 0.214 e. The molecule has 0 amide bonds. The van der Waals surface area contributed by atoms with Crippen LogP contribution < -0.4 is 0 Å². The fourth-order valence-corrected chi connectivity index (χ4v) is 6.59. The van der Waals surface area contributed by atoms with Gasteiger partial charge in [-0.1, -0.05) is 76.9 Å². The first-order valence-corrected chi connectivity index (χ1v) is 19.0. The van der Waals surface area contributed by atoms with E-state index in [9.17, 15) is 0 Å².